The minimum absolute atomic E-state index is 0.0391. The Morgan fingerprint density at radius 2 is 1.82 bits per heavy atom. The largest absolute Gasteiger partial charge is 0.488 e. The van der Waals surface area contributed by atoms with Gasteiger partial charge in [-0.05, 0) is 29.8 Å². The zero-order valence-corrected chi connectivity index (χ0v) is 20.0. The molecule has 0 radical (unpaired) electrons. The third-order valence-corrected chi connectivity index (χ3v) is 6.83. The molecule has 1 aliphatic rings. The van der Waals surface area contributed by atoms with Gasteiger partial charge in [-0.1, -0.05) is 35.9 Å². The molecule has 1 amide bonds. The molecule has 0 saturated carbocycles. The number of thiazole rings is 1. The molecule has 7 nitrogen and oxygen atoms in total. The summed E-state index contributed by atoms with van der Waals surface area (Å²) in [6.07, 6.45) is 1.74. The van der Waals surface area contributed by atoms with Crippen molar-refractivity contribution in [3.8, 4) is 5.75 Å². The average molecular weight is 495 g/mol. The summed E-state index contributed by atoms with van der Waals surface area (Å²) in [5.74, 6) is 0.529. The van der Waals surface area contributed by atoms with Gasteiger partial charge in [-0.25, -0.2) is 4.98 Å². The maximum absolute atomic E-state index is 13.3. The molecule has 0 bridgehead atoms. The van der Waals surface area contributed by atoms with Gasteiger partial charge in [0.15, 0.2) is 4.96 Å². The van der Waals surface area contributed by atoms with Crippen LogP contribution in [-0.4, -0.2) is 51.3 Å². The van der Waals surface area contributed by atoms with Crippen LogP contribution < -0.4 is 10.3 Å². The van der Waals surface area contributed by atoms with Gasteiger partial charge in [-0.2, -0.15) is 0 Å². The van der Waals surface area contributed by atoms with Gasteiger partial charge >= 0.3 is 0 Å². The lowest BCUT2D eigenvalue weighted by Gasteiger charge is -2.34. The highest BCUT2D eigenvalue weighted by Gasteiger charge is 2.24. The molecule has 2 aromatic heterocycles. The number of rotatable bonds is 6. The van der Waals surface area contributed by atoms with Crippen LogP contribution in [0, 0.1) is 0 Å². The Morgan fingerprint density at radius 1 is 1.06 bits per heavy atom. The molecule has 2 aromatic carbocycles. The third kappa shape index (κ3) is 4.99. The van der Waals surface area contributed by atoms with Crippen molar-refractivity contribution in [2.75, 3.05) is 26.2 Å². The SMILES string of the molecule is O=C(c1ccccc1OCc1ccc(Cl)cc1)N1CCN(Cc2cc(=O)n3ccsc3n2)CC1. The van der Waals surface area contributed by atoms with Crippen LogP contribution in [-0.2, 0) is 13.2 Å². The number of nitrogens with zero attached hydrogens (tertiary/aromatic N) is 4. The highest BCUT2D eigenvalue weighted by Crippen LogP contribution is 2.22. The quantitative estimate of drug-likeness (QED) is 0.406. The molecule has 1 aliphatic heterocycles. The van der Waals surface area contributed by atoms with Crippen molar-refractivity contribution >= 4 is 33.8 Å². The van der Waals surface area contributed by atoms with Crippen molar-refractivity contribution in [2.45, 2.75) is 13.2 Å². The molecule has 0 N–H and O–H groups in total. The van der Waals surface area contributed by atoms with Gasteiger partial charge in [-0.15, -0.1) is 11.3 Å². The molecule has 174 valence electrons. The van der Waals surface area contributed by atoms with Crippen molar-refractivity contribution in [1.82, 2.24) is 19.2 Å². The first-order valence-electron chi connectivity index (χ1n) is 11.0. The van der Waals surface area contributed by atoms with E-state index in [1.165, 1.54) is 11.3 Å². The van der Waals surface area contributed by atoms with E-state index < -0.39 is 0 Å². The fourth-order valence-electron chi connectivity index (χ4n) is 3.99. The van der Waals surface area contributed by atoms with Crippen LogP contribution in [0.1, 0.15) is 21.6 Å². The van der Waals surface area contributed by atoms with E-state index in [1.54, 1.807) is 22.7 Å². The van der Waals surface area contributed by atoms with Crippen molar-refractivity contribution in [2.24, 2.45) is 0 Å². The highest BCUT2D eigenvalue weighted by atomic mass is 35.5. The summed E-state index contributed by atoms with van der Waals surface area (Å²) in [4.78, 5) is 34.9. The van der Waals surface area contributed by atoms with Crippen molar-refractivity contribution in [3.63, 3.8) is 0 Å². The fourth-order valence-corrected chi connectivity index (χ4v) is 4.85. The summed E-state index contributed by atoms with van der Waals surface area (Å²) in [5.41, 5.74) is 2.23. The van der Waals surface area contributed by atoms with Gasteiger partial charge in [0, 0.05) is 55.4 Å². The Labute approximate surface area is 205 Å². The number of amides is 1. The molecule has 3 heterocycles. The van der Waals surface area contributed by atoms with E-state index in [0.29, 0.717) is 60.6 Å². The fraction of sp³-hybridized carbons (Fsp3) is 0.240. The molecule has 34 heavy (non-hydrogen) atoms. The van der Waals surface area contributed by atoms with Gasteiger partial charge in [0.25, 0.3) is 11.5 Å². The lowest BCUT2D eigenvalue weighted by atomic mass is 10.1. The summed E-state index contributed by atoms with van der Waals surface area (Å²) < 4.78 is 7.53. The van der Waals surface area contributed by atoms with Gasteiger partial charge in [0.05, 0.1) is 11.3 Å². The van der Waals surface area contributed by atoms with Gasteiger partial charge in [0.1, 0.15) is 12.4 Å². The zero-order valence-electron chi connectivity index (χ0n) is 18.4. The Bertz CT molecular complexity index is 1360. The molecule has 9 heteroatoms. The standard InChI is InChI=1S/C25H23ClN4O3S/c26-19-7-5-18(6-8-19)17-33-22-4-2-1-3-21(22)24(32)29-11-9-28(10-12-29)16-20-15-23(31)30-13-14-34-25(30)27-20/h1-8,13-15H,9-12,16-17H2. The van der Waals surface area contributed by atoms with Gasteiger partial charge in [0.2, 0.25) is 0 Å². The Morgan fingerprint density at radius 3 is 2.62 bits per heavy atom. The number of ether oxygens (including phenoxy) is 1. The van der Waals surface area contributed by atoms with E-state index in [9.17, 15) is 9.59 Å². The van der Waals surface area contributed by atoms with Crippen LogP contribution in [0.5, 0.6) is 5.75 Å². The van der Waals surface area contributed by atoms with Crippen LogP contribution in [0.2, 0.25) is 5.02 Å². The summed E-state index contributed by atoms with van der Waals surface area (Å²) in [6, 6.07) is 16.4. The number of fused-ring (bicyclic) bond motifs is 1. The predicted octanol–water partition coefficient (Wildman–Crippen LogP) is 3.95. The van der Waals surface area contributed by atoms with Gasteiger partial charge in [-0.3, -0.25) is 18.9 Å². The van der Waals surface area contributed by atoms with E-state index in [1.807, 2.05) is 52.7 Å². The molecule has 0 spiro atoms. The molecule has 0 aliphatic carbocycles. The average Bonchev–Trinajstić information content (AvgIpc) is 3.33. The zero-order chi connectivity index (χ0) is 23.5. The molecule has 1 fully saturated rings. The molecule has 1 saturated heterocycles. The minimum Gasteiger partial charge on any atom is -0.488 e. The number of carbonyl (C=O) groups is 1. The maximum Gasteiger partial charge on any atom is 0.258 e. The number of aromatic nitrogens is 2. The number of hydrogen-bond acceptors (Lipinski definition) is 6. The first-order chi connectivity index (χ1) is 16.6. The Balaban J connectivity index is 1.21. The van der Waals surface area contributed by atoms with E-state index in [2.05, 4.69) is 9.88 Å². The number of halogens is 1. The van der Waals surface area contributed by atoms with Crippen LogP contribution >= 0.6 is 22.9 Å². The lowest BCUT2D eigenvalue weighted by Crippen LogP contribution is -2.48. The van der Waals surface area contributed by atoms with Crippen molar-refractivity contribution in [3.05, 3.63) is 98.4 Å². The number of benzene rings is 2. The highest BCUT2D eigenvalue weighted by molar-refractivity contribution is 7.15. The number of piperazine rings is 1. The van der Waals surface area contributed by atoms with Crippen molar-refractivity contribution < 1.29 is 9.53 Å². The third-order valence-electron chi connectivity index (χ3n) is 5.83. The van der Waals surface area contributed by atoms with Crippen LogP contribution in [0.4, 0.5) is 0 Å². The van der Waals surface area contributed by atoms with Crippen LogP contribution in [0.15, 0.2) is 71.0 Å². The van der Waals surface area contributed by atoms with E-state index >= 15 is 0 Å². The molecule has 4 aromatic rings. The van der Waals surface area contributed by atoms with Crippen LogP contribution in [0.25, 0.3) is 4.96 Å². The second-order valence-electron chi connectivity index (χ2n) is 8.12. The summed E-state index contributed by atoms with van der Waals surface area (Å²) >= 11 is 7.40. The number of hydrogen-bond donors (Lipinski definition) is 0. The second-order valence-corrected chi connectivity index (χ2v) is 9.43. The van der Waals surface area contributed by atoms with Crippen LogP contribution in [0.3, 0.4) is 0 Å². The molecule has 0 unspecified atom stereocenters. The predicted molar refractivity (Wildman–Crippen MR) is 133 cm³/mol. The lowest BCUT2D eigenvalue weighted by molar-refractivity contribution is 0.0622. The Hall–Kier alpha value is -3.20. The van der Waals surface area contributed by atoms with E-state index in [0.717, 1.165) is 11.3 Å². The maximum atomic E-state index is 13.3. The summed E-state index contributed by atoms with van der Waals surface area (Å²) in [7, 11) is 0. The first-order valence-corrected chi connectivity index (χ1v) is 12.3. The molecular formula is C25H23ClN4O3S. The molecular weight excluding hydrogens is 472 g/mol. The number of para-hydroxylation sites is 1. The monoisotopic (exact) mass is 494 g/mol. The molecule has 5 rings (SSSR count). The molecule has 0 atom stereocenters. The van der Waals surface area contributed by atoms with E-state index in [4.69, 9.17) is 16.3 Å². The topological polar surface area (TPSA) is 67.2 Å². The summed E-state index contributed by atoms with van der Waals surface area (Å²) in [6.45, 7) is 3.58. The Kier molecular flexibility index (Phi) is 6.62. The van der Waals surface area contributed by atoms with E-state index in [-0.39, 0.29) is 11.5 Å². The van der Waals surface area contributed by atoms with Gasteiger partial charge < -0.3 is 9.64 Å². The smallest absolute Gasteiger partial charge is 0.258 e. The normalized spacial score (nSPS) is 14.4. The first kappa shape index (κ1) is 22.6. The summed E-state index contributed by atoms with van der Waals surface area (Å²) in [5, 5.41) is 2.53. The second kappa shape index (κ2) is 9.97. The number of carbonyl (C=O) groups excluding carboxylic acids is 1. The minimum atomic E-state index is -0.0646. The van der Waals surface area contributed by atoms with Crippen molar-refractivity contribution in [1.29, 1.82) is 0 Å².